The molecule has 2 heterocycles. The number of hydrogen-bond acceptors (Lipinski definition) is 6. The van der Waals surface area contributed by atoms with E-state index >= 15 is 0 Å². The van der Waals surface area contributed by atoms with Gasteiger partial charge in [-0.1, -0.05) is 0 Å². The number of nitrogens with zero attached hydrogens (tertiary/aromatic N) is 1. The summed E-state index contributed by atoms with van der Waals surface area (Å²) in [7, 11) is -3.30. The van der Waals surface area contributed by atoms with Crippen LogP contribution in [-0.2, 0) is 14.6 Å². The highest BCUT2D eigenvalue weighted by molar-refractivity contribution is 7.90. The Labute approximate surface area is 93.9 Å². The quantitative estimate of drug-likeness (QED) is 0.735. The Balaban J connectivity index is 2.24. The van der Waals surface area contributed by atoms with Gasteiger partial charge in [-0.3, -0.25) is 5.84 Å². The molecule has 1 aliphatic heterocycles. The molecule has 7 heteroatoms. The van der Waals surface area contributed by atoms with Gasteiger partial charge >= 0.3 is 0 Å². The number of hydrogen-bond donors (Lipinski definition) is 1. The Morgan fingerprint density at radius 3 is 2.81 bits per heavy atom. The number of furan rings is 1. The maximum atomic E-state index is 11.2. The summed E-state index contributed by atoms with van der Waals surface area (Å²) in [6.07, 6.45) is 1.10. The van der Waals surface area contributed by atoms with Crippen LogP contribution in [0.2, 0.25) is 0 Å². The summed E-state index contributed by atoms with van der Waals surface area (Å²) in [5.41, 5.74) is 0. The van der Waals surface area contributed by atoms with E-state index in [1.54, 1.807) is 11.1 Å². The van der Waals surface area contributed by atoms with E-state index in [2.05, 4.69) is 0 Å². The normalized spacial score (nSPS) is 23.5. The molecule has 2 rings (SSSR count). The summed E-state index contributed by atoms with van der Waals surface area (Å²) in [4.78, 5) is 0. The van der Waals surface area contributed by atoms with Crippen molar-refractivity contribution < 1.29 is 17.6 Å². The van der Waals surface area contributed by atoms with E-state index in [0.29, 0.717) is 25.5 Å². The fourth-order valence-electron chi connectivity index (χ4n) is 1.57. The predicted molar refractivity (Wildman–Crippen MR) is 56.3 cm³/mol. The van der Waals surface area contributed by atoms with Crippen molar-refractivity contribution in [3.63, 3.8) is 0 Å². The number of ether oxygens (including phenoxy) is 1. The molecule has 0 radical (unpaired) electrons. The Kier molecular flexibility index (Phi) is 3.02. The van der Waals surface area contributed by atoms with Crippen LogP contribution in [0.25, 0.3) is 0 Å². The average molecular weight is 246 g/mol. The molecule has 0 aromatic carbocycles. The van der Waals surface area contributed by atoms with Gasteiger partial charge in [-0.15, -0.1) is 0 Å². The second-order valence-corrected chi connectivity index (χ2v) is 5.70. The van der Waals surface area contributed by atoms with Gasteiger partial charge in [0.1, 0.15) is 11.8 Å². The molecule has 1 aromatic rings. The van der Waals surface area contributed by atoms with Gasteiger partial charge in [0.25, 0.3) is 0 Å². The van der Waals surface area contributed by atoms with Gasteiger partial charge in [0.05, 0.1) is 13.2 Å². The lowest BCUT2D eigenvalue weighted by Gasteiger charge is -2.30. The van der Waals surface area contributed by atoms with Gasteiger partial charge in [0.2, 0.25) is 14.9 Å². The molecule has 1 aliphatic rings. The molecule has 0 aliphatic carbocycles. The molecular weight excluding hydrogens is 232 g/mol. The van der Waals surface area contributed by atoms with Crippen LogP contribution in [0.4, 0.5) is 0 Å². The fraction of sp³-hybridized carbons (Fsp3) is 0.556. The summed E-state index contributed by atoms with van der Waals surface area (Å²) >= 11 is 0. The van der Waals surface area contributed by atoms with Gasteiger partial charge in [-0.05, 0) is 12.1 Å². The zero-order valence-electron chi connectivity index (χ0n) is 8.92. The minimum absolute atomic E-state index is 0.0403. The summed E-state index contributed by atoms with van der Waals surface area (Å²) in [6.45, 7) is 1.58. The van der Waals surface area contributed by atoms with Gasteiger partial charge in [-0.2, -0.15) is 0 Å². The molecule has 2 N–H and O–H groups in total. The fourth-order valence-corrected chi connectivity index (χ4v) is 2.14. The van der Waals surface area contributed by atoms with Crippen LogP contribution >= 0.6 is 0 Å². The molecule has 1 atom stereocenters. The van der Waals surface area contributed by atoms with Crippen molar-refractivity contribution in [1.29, 1.82) is 0 Å². The zero-order chi connectivity index (χ0) is 11.8. The Morgan fingerprint density at radius 2 is 2.25 bits per heavy atom. The molecule has 6 nitrogen and oxygen atoms in total. The Morgan fingerprint density at radius 1 is 1.50 bits per heavy atom. The molecule has 1 aromatic heterocycles. The highest BCUT2D eigenvalue weighted by Gasteiger charge is 2.26. The monoisotopic (exact) mass is 246 g/mol. The summed E-state index contributed by atoms with van der Waals surface area (Å²) < 4.78 is 33.0. The van der Waals surface area contributed by atoms with Crippen molar-refractivity contribution in [2.75, 3.05) is 26.0 Å². The van der Waals surface area contributed by atoms with Crippen molar-refractivity contribution >= 4 is 9.84 Å². The first-order chi connectivity index (χ1) is 7.48. The van der Waals surface area contributed by atoms with Crippen LogP contribution in [0.1, 0.15) is 11.8 Å². The first kappa shape index (κ1) is 11.6. The minimum Gasteiger partial charge on any atom is -0.448 e. The van der Waals surface area contributed by atoms with Crippen molar-refractivity contribution in [3.8, 4) is 0 Å². The highest BCUT2D eigenvalue weighted by Crippen LogP contribution is 2.25. The molecule has 1 unspecified atom stereocenters. The molecule has 0 spiro atoms. The van der Waals surface area contributed by atoms with Crippen molar-refractivity contribution in [3.05, 3.63) is 17.9 Å². The van der Waals surface area contributed by atoms with E-state index in [1.807, 2.05) is 0 Å². The summed E-state index contributed by atoms with van der Waals surface area (Å²) in [5.74, 6) is 6.29. The van der Waals surface area contributed by atoms with Crippen molar-refractivity contribution in [2.24, 2.45) is 5.84 Å². The maximum absolute atomic E-state index is 11.2. The molecule has 16 heavy (non-hydrogen) atoms. The topological polar surface area (TPSA) is 85.8 Å². The first-order valence-electron chi connectivity index (χ1n) is 4.87. The third-order valence-electron chi connectivity index (χ3n) is 2.47. The van der Waals surface area contributed by atoms with E-state index in [1.165, 1.54) is 6.07 Å². The van der Waals surface area contributed by atoms with Crippen LogP contribution in [0.5, 0.6) is 0 Å². The van der Waals surface area contributed by atoms with Gasteiger partial charge in [0, 0.05) is 12.8 Å². The van der Waals surface area contributed by atoms with Crippen LogP contribution in [0.15, 0.2) is 21.6 Å². The summed E-state index contributed by atoms with van der Waals surface area (Å²) in [6, 6.07) is 2.84. The van der Waals surface area contributed by atoms with E-state index in [-0.39, 0.29) is 11.1 Å². The first-order valence-corrected chi connectivity index (χ1v) is 6.76. The summed E-state index contributed by atoms with van der Waals surface area (Å²) in [5, 5.41) is 1.55. The molecule has 0 amide bonds. The van der Waals surface area contributed by atoms with E-state index in [9.17, 15) is 8.42 Å². The molecule has 1 saturated heterocycles. The molecule has 0 saturated carbocycles. The van der Waals surface area contributed by atoms with E-state index < -0.39 is 9.84 Å². The smallest absolute Gasteiger partial charge is 0.217 e. The number of sulfone groups is 1. The molecule has 1 fully saturated rings. The van der Waals surface area contributed by atoms with Crippen LogP contribution < -0.4 is 5.84 Å². The third-order valence-corrected chi connectivity index (χ3v) is 3.42. The Bertz CT molecular complexity index is 468. The number of hydrazine groups is 1. The lowest BCUT2D eigenvalue weighted by Crippen LogP contribution is -2.43. The van der Waals surface area contributed by atoms with Gasteiger partial charge in [-0.25, -0.2) is 13.4 Å². The molecule has 0 bridgehead atoms. The minimum atomic E-state index is -3.30. The molecular formula is C9H14N2O4S. The highest BCUT2D eigenvalue weighted by atomic mass is 32.2. The number of morpholine rings is 1. The van der Waals surface area contributed by atoms with Gasteiger partial charge < -0.3 is 9.15 Å². The number of rotatable bonds is 2. The lowest BCUT2D eigenvalue weighted by atomic mass is 10.2. The Hall–Kier alpha value is -0.890. The third kappa shape index (κ3) is 2.27. The maximum Gasteiger partial charge on any atom is 0.217 e. The van der Waals surface area contributed by atoms with Crippen LogP contribution in [0, 0.1) is 0 Å². The predicted octanol–water partition coefficient (Wildman–Crippen LogP) is -0.0699. The zero-order valence-corrected chi connectivity index (χ0v) is 9.74. The van der Waals surface area contributed by atoms with Crippen molar-refractivity contribution in [2.45, 2.75) is 11.1 Å². The van der Waals surface area contributed by atoms with E-state index in [0.717, 1.165) is 6.26 Å². The second-order valence-electron chi connectivity index (χ2n) is 3.76. The van der Waals surface area contributed by atoms with Gasteiger partial charge in [0.15, 0.2) is 0 Å². The second kappa shape index (κ2) is 4.17. The standard InChI is InChI=1S/C9H14N2O4S/c1-16(12,13)9-3-2-8(15-9)7-6-14-5-4-11(7)10/h2-3,7H,4-6,10H2,1H3. The van der Waals surface area contributed by atoms with Crippen LogP contribution in [-0.4, -0.2) is 39.4 Å². The van der Waals surface area contributed by atoms with Crippen LogP contribution in [0.3, 0.4) is 0 Å². The van der Waals surface area contributed by atoms with E-state index in [4.69, 9.17) is 15.0 Å². The number of nitrogens with two attached hydrogens (primary N) is 1. The lowest BCUT2D eigenvalue weighted by molar-refractivity contribution is -0.0177. The average Bonchev–Trinajstić information content (AvgIpc) is 2.66. The molecule has 90 valence electrons. The SMILES string of the molecule is CS(=O)(=O)c1ccc(C2COCCN2N)o1. The largest absolute Gasteiger partial charge is 0.448 e. The van der Waals surface area contributed by atoms with Crippen molar-refractivity contribution in [1.82, 2.24) is 5.01 Å².